The minimum atomic E-state index is -1.06. The molecule has 0 aromatic heterocycles. The van der Waals surface area contributed by atoms with Gasteiger partial charge in [0.15, 0.2) is 0 Å². The first kappa shape index (κ1) is 12.4. The summed E-state index contributed by atoms with van der Waals surface area (Å²) in [6, 6.07) is -0.680. The summed E-state index contributed by atoms with van der Waals surface area (Å²) >= 11 is 0. The topological polar surface area (TPSA) is 95.9 Å². The lowest BCUT2D eigenvalue weighted by Gasteiger charge is -2.31. The van der Waals surface area contributed by atoms with Crippen LogP contribution in [0.25, 0.3) is 0 Å². The Morgan fingerprint density at radius 3 is 2.88 bits per heavy atom. The molecule has 0 saturated carbocycles. The van der Waals surface area contributed by atoms with E-state index in [1.165, 1.54) is 12.0 Å². The number of hydrogen-bond donors (Lipinski definition) is 2. The number of methoxy groups -OCH3 is 1. The van der Waals surface area contributed by atoms with Crippen LogP contribution >= 0.6 is 0 Å². The second-order valence-electron chi connectivity index (χ2n) is 3.44. The average molecular weight is 230 g/mol. The SMILES string of the molecule is COC(=O)C[C@@H]1NCCN(CC(=O)O)C1=O. The molecule has 0 bridgehead atoms. The maximum absolute atomic E-state index is 11.7. The van der Waals surface area contributed by atoms with Crippen LogP contribution in [-0.2, 0) is 19.1 Å². The summed E-state index contributed by atoms with van der Waals surface area (Å²) in [7, 11) is 1.24. The van der Waals surface area contributed by atoms with Gasteiger partial charge in [0.1, 0.15) is 6.54 Å². The molecular formula is C9H14N2O5. The van der Waals surface area contributed by atoms with E-state index in [9.17, 15) is 14.4 Å². The zero-order valence-electron chi connectivity index (χ0n) is 8.93. The normalized spacial score (nSPS) is 20.7. The summed E-state index contributed by atoms with van der Waals surface area (Å²) in [5.74, 6) is -1.94. The lowest BCUT2D eigenvalue weighted by molar-refractivity contribution is -0.149. The summed E-state index contributed by atoms with van der Waals surface area (Å²) in [5, 5.41) is 11.4. The number of rotatable bonds is 4. The van der Waals surface area contributed by atoms with E-state index in [4.69, 9.17) is 5.11 Å². The number of esters is 1. The largest absolute Gasteiger partial charge is 0.480 e. The van der Waals surface area contributed by atoms with E-state index >= 15 is 0 Å². The van der Waals surface area contributed by atoms with Gasteiger partial charge < -0.3 is 20.1 Å². The summed E-state index contributed by atoms with van der Waals surface area (Å²) in [6.45, 7) is 0.474. The monoisotopic (exact) mass is 230 g/mol. The summed E-state index contributed by atoms with van der Waals surface area (Å²) in [5.41, 5.74) is 0. The van der Waals surface area contributed by atoms with Crippen molar-refractivity contribution in [1.29, 1.82) is 0 Å². The molecule has 0 aromatic rings. The molecule has 1 aliphatic heterocycles. The number of carbonyl (C=O) groups is 3. The Hall–Kier alpha value is -1.63. The molecular weight excluding hydrogens is 216 g/mol. The van der Waals surface area contributed by atoms with E-state index in [0.29, 0.717) is 13.1 Å². The predicted molar refractivity (Wildman–Crippen MR) is 52.6 cm³/mol. The molecule has 1 aliphatic rings. The molecule has 0 aromatic carbocycles. The second kappa shape index (κ2) is 5.45. The summed E-state index contributed by atoms with van der Waals surface area (Å²) < 4.78 is 4.45. The fourth-order valence-corrected chi connectivity index (χ4v) is 1.52. The van der Waals surface area contributed by atoms with Crippen molar-refractivity contribution in [2.75, 3.05) is 26.7 Å². The molecule has 7 heteroatoms. The smallest absolute Gasteiger partial charge is 0.323 e. The van der Waals surface area contributed by atoms with Crippen LogP contribution in [0.3, 0.4) is 0 Å². The number of nitrogens with zero attached hydrogens (tertiary/aromatic N) is 1. The van der Waals surface area contributed by atoms with Crippen molar-refractivity contribution in [2.24, 2.45) is 0 Å². The van der Waals surface area contributed by atoms with Crippen LogP contribution < -0.4 is 5.32 Å². The van der Waals surface area contributed by atoms with Gasteiger partial charge in [-0.1, -0.05) is 0 Å². The molecule has 1 saturated heterocycles. The Kier molecular flexibility index (Phi) is 4.24. The third kappa shape index (κ3) is 3.20. The molecule has 0 unspecified atom stereocenters. The van der Waals surface area contributed by atoms with Crippen molar-refractivity contribution in [2.45, 2.75) is 12.5 Å². The average Bonchev–Trinajstić information content (AvgIpc) is 2.23. The minimum absolute atomic E-state index is 0.0779. The Bertz CT molecular complexity index is 304. The van der Waals surface area contributed by atoms with Crippen molar-refractivity contribution in [3.8, 4) is 0 Å². The van der Waals surface area contributed by atoms with Crippen LogP contribution in [0.4, 0.5) is 0 Å². The van der Waals surface area contributed by atoms with Crippen molar-refractivity contribution < 1.29 is 24.2 Å². The molecule has 0 spiro atoms. The van der Waals surface area contributed by atoms with Crippen LogP contribution in [0.15, 0.2) is 0 Å². The lowest BCUT2D eigenvalue weighted by Crippen LogP contribution is -2.56. The zero-order valence-corrected chi connectivity index (χ0v) is 8.93. The van der Waals surface area contributed by atoms with Gasteiger partial charge in [-0.25, -0.2) is 0 Å². The number of piperazine rings is 1. The number of nitrogens with one attached hydrogen (secondary N) is 1. The van der Waals surface area contributed by atoms with Crippen molar-refractivity contribution in [3.63, 3.8) is 0 Å². The van der Waals surface area contributed by atoms with E-state index in [0.717, 1.165) is 0 Å². The zero-order chi connectivity index (χ0) is 12.1. The molecule has 90 valence electrons. The van der Waals surface area contributed by atoms with Crippen LogP contribution in [-0.4, -0.2) is 60.6 Å². The third-order valence-electron chi connectivity index (χ3n) is 2.31. The molecule has 2 N–H and O–H groups in total. The van der Waals surface area contributed by atoms with Crippen molar-refractivity contribution >= 4 is 17.8 Å². The Morgan fingerprint density at radius 2 is 2.31 bits per heavy atom. The van der Waals surface area contributed by atoms with Gasteiger partial charge in [-0.3, -0.25) is 14.4 Å². The second-order valence-corrected chi connectivity index (χ2v) is 3.44. The highest BCUT2D eigenvalue weighted by Gasteiger charge is 2.31. The summed E-state index contributed by atoms with van der Waals surface area (Å²) in [6.07, 6.45) is -0.0779. The van der Waals surface area contributed by atoms with E-state index in [1.807, 2.05) is 0 Å². The van der Waals surface area contributed by atoms with Crippen molar-refractivity contribution in [1.82, 2.24) is 10.2 Å². The number of carboxylic acids is 1. The third-order valence-corrected chi connectivity index (χ3v) is 2.31. The van der Waals surface area contributed by atoms with Gasteiger partial charge in [-0.05, 0) is 0 Å². The number of hydrogen-bond acceptors (Lipinski definition) is 5. The maximum Gasteiger partial charge on any atom is 0.323 e. The van der Waals surface area contributed by atoms with Crippen LogP contribution in [0.5, 0.6) is 0 Å². The first-order chi connectivity index (χ1) is 7.54. The number of carbonyl (C=O) groups excluding carboxylic acids is 2. The van der Waals surface area contributed by atoms with E-state index in [2.05, 4.69) is 10.1 Å². The van der Waals surface area contributed by atoms with Gasteiger partial charge in [-0.2, -0.15) is 0 Å². The molecule has 7 nitrogen and oxygen atoms in total. The van der Waals surface area contributed by atoms with Gasteiger partial charge >= 0.3 is 11.9 Å². The van der Waals surface area contributed by atoms with Gasteiger partial charge in [-0.15, -0.1) is 0 Å². The summed E-state index contributed by atoms with van der Waals surface area (Å²) in [4.78, 5) is 34.4. The number of carboxylic acid groups (broad SMARTS) is 1. The van der Waals surface area contributed by atoms with E-state index in [1.54, 1.807) is 0 Å². The fraction of sp³-hybridized carbons (Fsp3) is 0.667. The molecule has 1 atom stereocenters. The fourth-order valence-electron chi connectivity index (χ4n) is 1.52. The molecule has 1 rings (SSSR count). The van der Waals surface area contributed by atoms with Crippen LogP contribution in [0.1, 0.15) is 6.42 Å². The number of amides is 1. The number of aliphatic carboxylic acids is 1. The minimum Gasteiger partial charge on any atom is -0.480 e. The molecule has 1 fully saturated rings. The predicted octanol–water partition coefficient (Wildman–Crippen LogP) is -1.57. The van der Waals surface area contributed by atoms with Gasteiger partial charge in [0, 0.05) is 13.1 Å². The van der Waals surface area contributed by atoms with E-state index in [-0.39, 0.29) is 18.9 Å². The lowest BCUT2D eigenvalue weighted by atomic mass is 10.1. The molecule has 1 heterocycles. The first-order valence-electron chi connectivity index (χ1n) is 4.85. The maximum atomic E-state index is 11.7. The highest BCUT2D eigenvalue weighted by Crippen LogP contribution is 2.05. The van der Waals surface area contributed by atoms with Crippen LogP contribution in [0.2, 0.25) is 0 Å². The Labute approximate surface area is 92.4 Å². The van der Waals surface area contributed by atoms with Gasteiger partial charge in [0.05, 0.1) is 19.6 Å². The first-order valence-corrected chi connectivity index (χ1v) is 4.85. The molecule has 1 amide bonds. The van der Waals surface area contributed by atoms with Gasteiger partial charge in [0.25, 0.3) is 0 Å². The molecule has 16 heavy (non-hydrogen) atoms. The Balaban J connectivity index is 2.56. The van der Waals surface area contributed by atoms with Gasteiger partial charge in [0.2, 0.25) is 5.91 Å². The highest BCUT2D eigenvalue weighted by molar-refractivity contribution is 5.89. The van der Waals surface area contributed by atoms with E-state index < -0.39 is 18.0 Å². The highest BCUT2D eigenvalue weighted by atomic mass is 16.5. The quantitative estimate of drug-likeness (QED) is 0.567. The van der Waals surface area contributed by atoms with Crippen molar-refractivity contribution in [3.05, 3.63) is 0 Å². The number of ether oxygens (including phenoxy) is 1. The Morgan fingerprint density at radius 1 is 1.62 bits per heavy atom. The van der Waals surface area contributed by atoms with Crippen LogP contribution in [0, 0.1) is 0 Å². The standard InChI is InChI=1S/C9H14N2O5/c1-16-8(14)4-6-9(15)11(3-2-10-6)5-7(12)13/h6,10H,2-5H2,1H3,(H,12,13)/t6-/m0/s1. The molecule has 0 radical (unpaired) electrons. The molecule has 0 aliphatic carbocycles.